The van der Waals surface area contributed by atoms with Crippen molar-refractivity contribution in [2.45, 2.75) is 93.7 Å². The summed E-state index contributed by atoms with van der Waals surface area (Å²) >= 11 is 0. The van der Waals surface area contributed by atoms with Crippen molar-refractivity contribution < 1.29 is 19.1 Å². The van der Waals surface area contributed by atoms with Crippen LogP contribution in [0.25, 0.3) is 0 Å². The average molecular weight is 399 g/mol. The number of rotatable bonds is 5. The number of likely N-dealkylation sites (tertiary alicyclic amines) is 1. The van der Waals surface area contributed by atoms with Crippen molar-refractivity contribution in [1.29, 1.82) is 0 Å². The van der Waals surface area contributed by atoms with E-state index >= 15 is 0 Å². The zero-order valence-electron chi connectivity index (χ0n) is 16.9. The molecule has 2 bridgehead atoms. The molecule has 1 spiro atoms. The molecule has 3 saturated carbocycles. The van der Waals surface area contributed by atoms with Crippen LogP contribution in [0.4, 0.5) is 0 Å². The van der Waals surface area contributed by atoms with Crippen LogP contribution in [0.1, 0.15) is 58.3 Å². The number of hydrogen-bond donors (Lipinski definition) is 2. The monoisotopic (exact) mass is 399 g/mol. The highest BCUT2D eigenvalue weighted by atomic mass is 16.5. The summed E-state index contributed by atoms with van der Waals surface area (Å²) in [5.41, 5.74) is -1.86. The molecular formula is C22H29N3O4. The predicted octanol–water partition coefficient (Wildman–Crippen LogP) is 1.03. The van der Waals surface area contributed by atoms with Crippen molar-refractivity contribution in [1.82, 2.24) is 15.5 Å². The van der Waals surface area contributed by atoms with Crippen molar-refractivity contribution in [2.24, 2.45) is 11.8 Å². The van der Waals surface area contributed by atoms with E-state index in [1.807, 2.05) is 19.1 Å². The molecule has 5 atom stereocenters. The topological polar surface area (TPSA) is 87.7 Å². The van der Waals surface area contributed by atoms with Crippen LogP contribution in [0.2, 0.25) is 0 Å². The van der Waals surface area contributed by atoms with Gasteiger partial charge in [-0.05, 0) is 45.4 Å². The molecular weight excluding hydrogens is 370 g/mol. The lowest BCUT2D eigenvalue weighted by Crippen LogP contribution is -2.56. The van der Waals surface area contributed by atoms with Crippen molar-refractivity contribution in [3.8, 4) is 0 Å². The minimum Gasteiger partial charge on any atom is -0.356 e. The summed E-state index contributed by atoms with van der Waals surface area (Å²) in [5.74, 6) is -1.49. The molecule has 0 aromatic rings. The first-order valence-electron chi connectivity index (χ1n) is 11.3. The number of nitrogens with one attached hydrogen (secondary N) is 2. The Kier molecular flexibility index (Phi) is 3.61. The Bertz CT molecular complexity index is 813. The third kappa shape index (κ3) is 2.49. The van der Waals surface area contributed by atoms with Crippen LogP contribution >= 0.6 is 0 Å². The molecule has 29 heavy (non-hydrogen) atoms. The van der Waals surface area contributed by atoms with Crippen molar-refractivity contribution >= 4 is 17.7 Å². The first-order valence-corrected chi connectivity index (χ1v) is 11.3. The largest absolute Gasteiger partial charge is 0.356 e. The van der Waals surface area contributed by atoms with Gasteiger partial charge >= 0.3 is 0 Å². The number of carbonyl (C=O) groups excluding carboxylic acids is 3. The Morgan fingerprint density at radius 2 is 1.66 bits per heavy atom. The Morgan fingerprint density at radius 3 is 2.31 bits per heavy atom. The van der Waals surface area contributed by atoms with Gasteiger partial charge in [-0.15, -0.1) is 0 Å². The van der Waals surface area contributed by atoms with Gasteiger partial charge in [0.2, 0.25) is 17.7 Å². The zero-order valence-corrected chi connectivity index (χ0v) is 16.9. The Morgan fingerprint density at radius 1 is 1.00 bits per heavy atom. The van der Waals surface area contributed by atoms with Gasteiger partial charge in [0, 0.05) is 18.1 Å². The molecule has 3 heterocycles. The molecule has 5 fully saturated rings. The van der Waals surface area contributed by atoms with Crippen molar-refractivity contribution in [3.05, 3.63) is 12.2 Å². The number of fused-ring (bicyclic) bond motifs is 1. The van der Waals surface area contributed by atoms with E-state index in [-0.39, 0.29) is 35.8 Å². The van der Waals surface area contributed by atoms with Crippen LogP contribution in [-0.2, 0) is 19.1 Å². The molecule has 7 heteroatoms. The van der Waals surface area contributed by atoms with Gasteiger partial charge in [-0.2, -0.15) is 0 Å². The van der Waals surface area contributed by atoms with Crippen LogP contribution in [-0.4, -0.2) is 58.0 Å². The van der Waals surface area contributed by atoms with Gasteiger partial charge in [-0.3, -0.25) is 14.4 Å². The predicted molar refractivity (Wildman–Crippen MR) is 104 cm³/mol. The molecule has 6 aliphatic rings. The summed E-state index contributed by atoms with van der Waals surface area (Å²) < 4.78 is 6.49. The third-order valence-electron chi connectivity index (χ3n) is 7.83. The number of amides is 3. The number of nitrogens with zero attached hydrogens (tertiary/aromatic N) is 1. The molecule has 2 saturated heterocycles. The van der Waals surface area contributed by atoms with Crippen LogP contribution in [0.5, 0.6) is 0 Å². The second kappa shape index (κ2) is 5.84. The molecule has 156 valence electrons. The molecule has 7 nitrogen and oxygen atoms in total. The summed E-state index contributed by atoms with van der Waals surface area (Å²) in [6.45, 7) is 1.88. The maximum Gasteiger partial charge on any atom is 0.246 e. The maximum absolute atomic E-state index is 13.6. The van der Waals surface area contributed by atoms with E-state index in [0.29, 0.717) is 0 Å². The Balaban J connectivity index is 1.36. The first kappa shape index (κ1) is 17.9. The second-order valence-electron chi connectivity index (χ2n) is 10.1. The summed E-state index contributed by atoms with van der Waals surface area (Å²) in [6, 6.07) is -0.174. The van der Waals surface area contributed by atoms with Crippen molar-refractivity contribution in [3.63, 3.8) is 0 Å². The van der Waals surface area contributed by atoms with E-state index in [4.69, 9.17) is 4.74 Å². The summed E-state index contributed by atoms with van der Waals surface area (Å²) in [4.78, 5) is 42.0. The number of carbonyl (C=O) groups is 3. The number of ether oxygens (including phenoxy) is 1. The lowest BCUT2D eigenvalue weighted by molar-refractivity contribution is -0.145. The quantitative estimate of drug-likeness (QED) is 0.676. The minimum atomic E-state index is -1.03. The molecule has 3 amide bonds. The van der Waals surface area contributed by atoms with Gasteiger partial charge in [0.05, 0.1) is 17.4 Å². The SMILES string of the molecule is C[C@]12C=C[C@]3(O1)[C@H](C(=O)N(C1CC1)[C@@H]3C(=O)NC1CCCC1)[C@@H]2C(=O)NC1CC1. The molecule has 3 aliphatic carbocycles. The lowest BCUT2D eigenvalue weighted by atomic mass is 9.70. The van der Waals surface area contributed by atoms with Crippen LogP contribution in [0.15, 0.2) is 12.2 Å². The standard InChI is InChI=1S/C22H29N3O4/c1-21-10-11-22(29-21)16(15(21)18(26)23-13-6-7-13)20(28)25(14-8-9-14)17(22)19(27)24-12-4-2-3-5-12/h10-17H,2-9H2,1H3,(H,23,26)(H,24,27)/t15-,16+,17-,21-,22+/m1/s1. The van der Waals surface area contributed by atoms with E-state index < -0.39 is 29.1 Å². The fourth-order valence-electron chi connectivity index (χ4n) is 6.18. The van der Waals surface area contributed by atoms with Crippen LogP contribution < -0.4 is 10.6 Å². The van der Waals surface area contributed by atoms with Crippen molar-refractivity contribution in [2.75, 3.05) is 0 Å². The summed E-state index contributed by atoms with van der Waals surface area (Å²) in [5, 5.41) is 6.27. The highest BCUT2D eigenvalue weighted by molar-refractivity contribution is 6.00. The van der Waals surface area contributed by atoms with E-state index in [1.165, 1.54) is 0 Å². The smallest absolute Gasteiger partial charge is 0.246 e. The van der Waals surface area contributed by atoms with Gasteiger partial charge in [0.15, 0.2) is 0 Å². The Hall–Kier alpha value is -1.89. The maximum atomic E-state index is 13.6. The molecule has 0 aromatic carbocycles. The molecule has 6 rings (SSSR count). The van der Waals surface area contributed by atoms with Crippen LogP contribution in [0.3, 0.4) is 0 Å². The Labute approximate surface area is 170 Å². The minimum absolute atomic E-state index is 0.0805. The van der Waals surface area contributed by atoms with E-state index in [0.717, 1.165) is 51.4 Å². The van der Waals surface area contributed by atoms with E-state index in [9.17, 15) is 14.4 Å². The van der Waals surface area contributed by atoms with Gasteiger partial charge in [-0.1, -0.05) is 25.0 Å². The first-order chi connectivity index (χ1) is 13.9. The summed E-state index contributed by atoms with van der Waals surface area (Å²) in [7, 11) is 0. The highest BCUT2D eigenvalue weighted by Gasteiger charge is 2.77. The molecule has 2 N–H and O–H groups in total. The fraction of sp³-hybridized carbons (Fsp3) is 0.773. The molecule has 0 aromatic heterocycles. The number of hydrogen-bond acceptors (Lipinski definition) is 4. The summed E-state index contributed by atoms with van der Waals surface area (Å²) in [6.07, 6.45) is 11.9. The van der Waals surface area contributed by atoms with Gasteiger partial charge in [0.1, 0.15) is 11.6 Å². The second-order valence-corrected chi connectivity index (χ2v) is 10.1. The lowest BCUT2D eigenvalue weighted by Gasteiger charge is -2.33. The molecule has 0 unspecified atom stereocenters. The van der Waals surface area contributed by atoms with Gasteiger partial charge in [-0.25, -0.2) is 0 Å². The zero-order chi connectivity index (χ0) is 20.0. The van der Waals surface area contributed by atoms with Gasteiger partial charge in [0.25, 0.3) is 0 Å². The fourth-order valence-corrected chi connectivity index (χ4v) is 6.18. The highest BCUT2D eigenvalue weighted by Crippen LogP contribution is 2.61. The molecule has 3 aliphatic heterocycles. The normalized spacial score (nSPS) is 43.1. The third-order valence-corrected chi connectivity index (χ3v) is 7.83. The van der Waals surface area contributed by atoms with Crippen LogP contribution in [0, 0.1) is 11.8 Å². The van der Waals surface area contributed by atoms with E-state index in [1.54, 1.807) is 4.90 Å². The van der Waals surface area contributed by atoms with E-state index in [2.05, 4.69) is 10.6 Å². The average Bonchev–Trinajstić information content (AvgIpc) is 3.56. The van der Waals surface area contributed by atoms with Gasteiger partial charge < -0.3 is 20.3 Å². The molecule has 0 radical (unpaired) electrons.